The lowest BCUT2D eigenvalue weighted by Crippen LogP contribution is -1.89. The first-order valence-corrected chi connectivity index (χ1v) is 3.18. The first-order valence-electron chi connectivity index (χ1n) is 3.18. The number of aromatic nitrogens is 1. The molecule has 0 amide bonds. The maximum Gasteiger partial charge on any atom is 0.176 e. The van der Waals surface area contributed by atoms with Crippen molar-refractivity contribution in [2.45, 2.75) is 0 Å². The van der Waals surface area contributed by atoms with Gasteiger partial charge < -0.3 is 16.0 Å². The van der Waals surface area contributed by atoms with E-state index in [0.717, 1.165) is 0 Å². The van der Waals surface area contributed by atoms with Crippen LogP contribution < -0.4 is 11.5 Å². The number of nitrogen functional groups attached to an aromatic ring is 2. The van der Waals surface area contributed by atoms with E-state index in [2.05, 4.69) is 5.16 Å². The summed E-state index contributed by atoms with van der Waals surface area (Å²) in [6, 6.07) is 5.33. The van der Waals surface area contributed by atoms with Crippen molar-refractivity contribution in [1.82, 2.24) is 5.16 Å². The van der Waals surface area contributed by atoms with E-state index >= 15 is 0 Å². The Morgan fingerprint density at radius 2 is 2.00 bits per heavy atom. The molecule has 0 unspecified atom stereocenters. The molecule has 1 heterocycles. The summed E-state index contributed by atoms with van der Waals surface area (Å²) >= 11 is 0. The highest BCUT2D eigenvalue weighted by atomic mass is 35.5. The standard InChI is InChI=1S/C7H7N3O.ClH/c8-4-2-1-3-5-6(4)7(9)10-11-5;/h1-3H,8H2,(H2,9,10);1H. The molecule has 0 spiro atoms. The molecule has 0 saturated heterocycles. The highest BCUT2D eigenvalue weighted by molar-refractivity contribution is 5.96. The normalized spacial score (nSPS) is 9.67. The van der Waals surface area contributed by atoms with Gasteiger partial charge in [-0.15, -0.1) is 12.4 Å². The Morgan fingerprint density at radius 1 is 1.25 bits per heavy atom. The van der Waals surface area contributed by atoms with Crippen LogP contribution in [0.25, 0.3) is 11.0 Å². The first kappa shape index (κ1) is 8.67. The van der Waals surface area contributed by atoms with Crippen LogP contribution in [0.5, 0.6) is 0 Å². The second-order valence-corrected chi connectivity index (χ2v) is 2.29. The van der Waals surface area contributed by atoms with Crippen molar-refractivity contribution in [3.05, 3.63) is 18.2 Å². The highest BCUT2D eigenvalue weighted by Crippen LogP contribution is 2.25. The Balaban J connectivity index is 0.000000720. The van der Waals surface area contributed by atoms with Crippen LogP contribution in [0.15, 0.2) is 22.7 Å². The highest BCUT2D eigenvalue weighted by Gasteiger charge is 2.05. The molecular formula is C7H8ClN3O. The van der Waals surface area contributed by atoms with Gasteiger partial charge in [0.25, 0.3) is 0 Å². The van der Waals surface area contributed by atoms with Gasteiger partial charge in [-0.05, 0) is 12.1 Å². The SMILES string of the molecule is Cl.Nc1cccc2onc(N)c12. The van der Waals surface area contributed by atoms with Crippen molar-refractivity contribution >= 4 is 34.9 Å². The van der Waals surface area contributed by atoms with E-state index in [1.54, 1.807) is 18.2 Å². The maximum absolute atomic E-state index is 5.62. The largest absolute Gasteiger partial charge is 0.398 e. The molecule has 0 radical (unpaired) electrons. The summed E-state index contributed by atoms with van der Waals surface area (Å²) in [6.07, 6.45) is 0. The second kappa shape index (κ2) is 2.91. The molecule has 4 nitrogen and oxygen atoms in total. The number of rotatable bonds is 0. The quantitative estimate of drug-likeness (QED) is 0.609. The smallest absolute Gasteiger partial charge is 0.176 e. The number of hydrogen-bond acceptors (Lipinski definition) is 4. The van der Waals surface area contributed by atoms with Crippen molar-refractivity contribution in [3.8, 4) is 0 Å². The summed E-state index contributed by atoms with van der Waals surface area (Å²) in [5, 5.41) is 4.28. The van der Waals surface area contributed by atoms with Gasteiger partial charge in [0.1, 0.15) is 0 Å². The van der Waals surface area contributed by atoms with Crippen LogP contribution in [0.4, 0.5) is 11.5 Å². The molecule has 12 heavy (non-hydrogen) atoms. The third kappa shape index (κ3) is 1.06. The molecule has 5 heteroatoms. The summed E-state index contributed by atoms with van der Waals surface area (Å²) in [7, 11) is 0. The molecule has 1 aromatic carbocycles. The van der Waals surface area contributed by atoms with E-state index in [-0.39, 0.29) is 12.4 Å². The molecule has 0 aliphatic rings. The summed E-state index contributed by atoms with van der Waals surface area (Å²) in [4.78, 5) is 0. The van der Waals surface area contributed by atoms with Gasteiger partial charge in [-0.2, -0.15) is 0 Å². The van der Waals surface area contributed by atoms with Crippen LogP contribution in [0.2, 0.25) is 0 Å². The Bertz CT molecular complexity index is 398. The van der Waals surface area contributed by atoms with Gasteiger partial charge in [-0.25, -0.2) is 0 Å². The number of nitrogens with two attached hydrogens (primary N) is 2. The third-order valence-corrected chi connectivity index (χ3v) is 1.56. The van der Waals surface area contributed by atoms with Gasteiger partial charge in [0.2, 0.25) is 0 Å². The molecule has 64 valence electrons. The summed E-state index contributed by atoms with van der Waals surface area (Å²) in [6.45, 7) is 0. The number of benzene rings is 1. The molecule has 0 bridgehead atoms. The van der Waals surface area contributed by atoms with Crippen LogP contribution in [0, 0.1) is 0 Å². The monoisotopic (exact) mass is 185 g/mol. The van der Waals surface area contributed by atoms with Gasteiger partial charge >= 0.3 is 0 Å². The van der Waals surface area contributed by atoms with Crippen molar-refractivity contribution in [3.63, 3.8) is 0 Å². The number of fused-ring (bicyclic) bond motifs is 1. The van der Waals surface area contributed by atoms with Crippen LogP contribution in [-0.2, 0) is 0 Å². The van der Waals surface area contributed by atoms with Crippen molar-refractivity contribution in [2.24, 2.45) is 0 Å². The fraction of sp³-hybridized carbons (Fsp3) is 0. The topological polar surface area (TPSA) is 78.1 Å². The van der Waals surface area contributed by atoms with Crippen LogP contribution in [-0.4, -0.2) is 5.16 Å². The minimum absolute atomic E-state index is 0. The van der Waals surface area contributed by atoms with Gasteiger partial charge in [-0.3, -0.25) is 0 Å². The zero-order valence-electron chi connectivity index (χ0n) is 6.15. The molecule has 0 aliphatic heterocycles. The third-order valence-electron chi connectivity index (χ3n) is 1.56. The van der Waals surface area contributed by atoms with E-state index in [4.69, 9.17) is 16.0 Å². The molecule has 2 aromatic rings. The van der Waals surface area contributed by atoms with Gasteiger partial charge in [0.05, 0.1) is 5.39 Å². The zero-order chi connectivity index (χ0) is 7.84. The minimum atomic E-state index is 0. The minimum Gasteiger partial charge on any atom is -0.398 e. The Hall–Kier alpha value is -1.42. The van der Waals surface area contributed by atoms with Gasteiger partial charge in [0, 0.05) is 5.69 Å². The number of halogens is 1. The van der Waals surface area contributed by atoms with E-state index in [1.807, 2.05) is 0 Å². The Labute approximate surface area is 74.9 Å². The van der Waals surface area contributed by atoms with E-state index in [9.17, 15) is 0 Å². The van der Waals surface area contributed by atoms with Gasteiger partial charge in [0.15, 0.2) is 11.4 Å². The lowest BCUT2D eigenvalue weighted by atomic mass is 10.2. The van der Waals surface area contributed by atoms with E-state index < -0.39 is 0 Å². The lowest BCUT2D eigenvalue weighted by molar-refractivity contribution is 0.460. The fourth-order valence-electron chi connectivity index (χ4n) is 1.04. The van der Waals surface area contributed by atoms with Crippen molar-refractivity contribution in [2.75, 3.05) is 11.5 Å². The van der Waals surface area contributed by atoms with E-state index in [1.165, 1.54) is 0 Å². The molecule has 0 saturated carbocycles. The number of nitrogens with zero attached hydrogens (tertiary/aromatic N) is 1. The van der Waals surface area contributed by atoms with Crippen molar-refractivity contribution < 1.29 is 4.52 Å². The number of anilines is 2. The van der Waals surface area contributed by atoms with E-state index in [0.29, 0.717) is 22.5 Å². The average molecular weight is 186 g/mol. The van der Waals surface area contributed by atoms with Crippen molar-refractivity contribution in [1.29, 1.82) is 0 Å². The average Bonchev–Trinajstić information content (AvgIpc) is 2.34. The lowest BCUT2D eigenvalue weighted by Gasteiger charge is -1.91. The Morgan fingerprint density at radius 3 is 2.67 bits per heavy atom. The summed E-state index contributed by atoms with van der Waals surface area (Å²) in [5.41, 5.74) is 12.3. The molecule has 4 N–H and O–H groups in total. The van der Waals surface area contributed by atoms with Crippen LogP contribution >= 0.6 is 12.4 Å². The molecule has 2 rings (SSSR count). The Kier molecular flexibility index (Phi) is 2.10. The molecule has 0 aliphatic carbocycles. The zero-order valence-corrected chi connectivity index (χ0v) is 6.97. The first-order chi connectivity index (χ1) is 5.29. The van der Waals surface area contributed by atoms with Crippen LogP contribution in [0.1, 0.15) is 0 Å². The summed E-state index contributed by atoms with van der Waals surface area (Å²) < 4.78 is 4.87. The molecule has 0 fully saturated rings. The molecular weight excluding hydrogens is 178 g/mol. The fourth-order valence-corrected chi connectivity index (χ4v) is 1.04. The maximum atomic E-state index is 5.62. The predicted molar refractivity (Wildman–Crippen MR) is 50.1 cm³/mol. The molecule has 1 aromatic heterocycles. The van der Waals surface area contributed by atoms with Crippen LogP contribution in [0.3, 0.4) is 0 Å². The second-order valence-electron chi connectivity index (χ2n) is 2.29. The predicted octanol–water partition coefficient (Wildman–Crippen LogP) is 1.41. The summed E-state index contributed by atoms with van der Waals surface area (Å²) in [5.74, 6) is 0.345. The number of hydrogen-bond donors (Lipinski definition) is 2. The van der Waals surface area contributed by atoms with Gasteiger partial charge in [-0.1, -0.05) is 11.2 Å². The molecule has 0 atom stereocenters.